The minimum Gasteiger partial charge on any atom is -0.497 e. The Bertz CT molecular complexity index is 745. The summed E-state index contributed by atoms with van der Waals surface area (Å²) in [7, 11) is 2.89. The first-order valence-corrected chi connectivity index (χ1v) is 7.46. The van der Waals surface area contributed by atoms with E-state index in [0.717, 1.165) is 11.3 Å². The molecule has 0 aliphatic rings. The molecule has 0 radical (unpaired) electrons. The highest BCUT2D eigenvalue weighted by Crippen LogP contribution is 2.24. The van der Waals surface area contributed by atoms with Gasteiger partial charge in [0.25, 0.3) is 0 Å². The van der Waals surface area contributed by atoms with Crippen LogP contribution in [-0.4, -0.2) is 31.6 Å². The summed E-state index contributed by atoms with van der Waals surface area (Å²) in [6, 6.07) is 14.9. The summed E-state index contributed by atoms with van der Waals surface area (Å²) in [6.45, 7) is 0. The molecule has 0 aliphatic carbocycles. The van der Waals surface area contributed by atoms with Crippen molar-refractivity contribution in [3.8, 4) is 5.75 Å². The van der Waals surface area contributed by atoms with E-state index >= 15 is 0 Å². The van der Waals surface area contributed by atoms with Gasteiger partial charge < -0.3 is 14.8 Å². The van der Waals surface area contributed by atoms with E-state index in [0.29, 0.717) is 11.4 Å². The van der Waals surface area contributed by atoms with Crippen LogP contribution < -0.4 is 15.4 Å². The summed E-state index contributed by atoms with van der Waals surface area (Å²) in [4.78, 5) is 15.6. The standard InChI is InChI=1S/C17H17N3O3S/c1-22-13-9-7-12(8-10-13)11-18-14-5-3-4-6-15(14)19-16(24)20-17(21)23-2/h3-11H,1-2H3,(H2,19,20,21,24). The molecule has 2 aromatic rings. The van der Waals surface area contributed by atoms with Gasteiger partial charge in [0, 0.05) is 6.21 Å². The van der Waals surface area contributed by atoms with Gasteiger partial charge in [-0.05, 0) is 54.2 Å². The minimum absolute atomic E-state index is 0.133. The van der Waals surface area contributed by atoms with Gasteiger partial charge in [0.05, 0.1) is 25.6 Å². The van der Waals surface area contributed by atoms with Gasteiger partial charge in [-0.1, -0.05) is 12.1 Å². The topological polar surface area (TPSA) is 72.0 Å². The molecular weight excluding hydrogens is 326 g/mol. The van der Waals surface area contributed by atoms with Crippen molar-refractivity contribution in [3.05, 3.63) is 54.1 Å². The van der Waals surface area contributed by atoms with Crippen LogP contribution in [0, 0.1) is 0 Å². The minimum atomic E-state index is -0.633. The van der Waals surface area contributed by atoms with Gasteiger partial charge in [0.15, 0.2) is 5.11 Å². The summed E-state index contributed by atoms with van der Waals surface area (Å²) >= 11 is 5.05. The molecule has 0 atom stereocenters. The zero-order valence-corrected chi connectivity index (χ0v) is 14.1. The number of hydrogen-bond acceptors (Lipinski definition) is 5. The van der Waals surface area contributed by atoms with Crippen LogP contribution in [0.25, 0.3) is 0 Å². The van der Waals surface area contributed by atoms with E-state index in [1.807, 2.05) is 48.5 Å². The molecule has 1 amide bonds. The van der Waals surface area contributed by atoms with E-state index in [1.165, 1.54) is 7.11 Å². The summed E-state index contributed by atoms with van der Waals surface area (Å²) < 4.78 is 9.62. The number of nitrogens with one attached hydrogen (secondary N) is 2. The Morgan fingerprint density at radius 3 is 2.50 bits per heavy atom. The molecule has 0 heterocycles. The molecule has 2 aromatic carbocycles. The number of carbonyl (C=O) groups excluding carboxylic acids is 1. The second-order valence-corrected chi connectivity index (χ2v) is 5.03. The molecular formula is C17H17N3O3S. The van der Waals surface area contributed by atoms with Gasteiger partial charge in [-0.2, -0.15) is 0 Å². The average molecular weight is 343 g/mol. The van der Waals surface area contributed by atoms with Crippen LogP contribution >= 0.6 is 12.2 Å². The van der Waals surface area contributed by atoms with Crippen LogP contribution in [0.3, 0.4) is 0 Å². The molecule has 2 rings (SSSR count). The SMILES string of the molecule is COC(=O)NC(=S)Nc1ccccc1N=Cc1ccc(OC)cc1. The van der Waals surface area contributed by atoms with E-state index in [2.05, 4.69) is 20.4 Å². The Kier molecular flexibility index (Phi) is 6.27. The second-order valence-electron chi connectivity index (χ2n) is 4.62. The van der Waals surface area contributed by atoms with Gasteiger partial charge in [0.2, 0.25) is 0 Å². The zero-order valence-electron chi connectivity index (χ0n) is 13.3. The second kappa shape index (κ2) is 8.64. The number of rotatable bonds is 4. The molecule has 0 saturated heterocycles. The van der Waals surface area contributed by atoms with Crippen LogP contribution in [-0.2, 0) is 4.74 Å². The Morgan fingerprint density at radius 2 is 1.83 bits per heavy atom. The number of ether oxygens (including phenoxy) is 2. The highest BCUT2D eigenvalue weighted by atomic mass is 32.1. The molecule has 0 saturated carbocycles. The molecule has 7 heteroatoms. The molecule has 0 aromatic heterocycles. The van der Waals surface area contributed by atoms with Crippen molar-refractivity contribution in [3.63, 3.8) is 0 Å². The van der Waals surface area contributed by atoms with Crippen LogP contribution in [0.4, 0.5) is 16.2 Å². The Hall–Kier alpha value is -2.93. The molecule has 0 unspecified atom stereocenters. The van der Waals surface area contributed by atoms with Gasteiger partial charge in [-0.15, -0.1) is 0 Å². The van der Waals surface area contributed by atoms with Crippen LogP contribution in [0.15, 0.2) is 53.5 Å². The number of nitrogens with zero attached hydrogens (tertiary/aromatic N) is 1. The molecule has 0 fully saturated rings. The van der Waals surface area contributed by atoms with Crippen molar-refractivity contribution in [1.29, 1.82) is 0 Å². The number of carbonyl (C=O) groups is 1. The lowest BCUT2D eigenvalue weighted by molar-refractivity contribution is 0.177. The first-order valence-electron chi connectivity index (χ1n) is 7.05. The van der Waals surface area contributed by atoms with Crippen molar-refractivity contribution in [2.45, 2.75) is 0 Å². The number of amides is 1. The number of benzene rings is 2. The summed E-state index contributed by atoms with van der Waals surface area (Å²) in [5, 5.41) is 5.43. The summed E-state index contributed by atoms with van der Waals surface area (Å²) in [6.07, 6.45) is 1.10. The maximum atomic E-state index is 11.2. The molecule has 6 nitrogen and oxygen atoms in total. The maximum absolute atomic E-state index is 11.2. The Balaban J connectivity index is 2.11. The monoisotopic (exact) mass is 343 g/mol. The highest BCUT2D eigenvalue weighted by Gasteiger charge is 2.06. The smallest absolute Gasteiger partial charge is 0.413 e. The van der Waals surface area contributed by atoms with Crippen molar-refractivity contribution < 1.29 is 14.3 Å². The fourth-order valence-corrected chi connectivity index (χ4v) is 2.02. The number of aliphatic imine (C=N–C) groups is 1. The van der Waals surface area contributed by atoms with Gasteiger partial charge in [-0.25, -0.2) is 4.79 Å². The molecule has 24 heavy (non-hydrogen) atoms. The molecule has 2 N–H and O–H groups in total. The predicted molar refractivity (Wildman–Crippen MR) is 98.5 cm³/mol. The van der Waals surface area contributed by atoms with Gasteiger partial charge in [0.1, 0.15) is 5.75 Å². The van der Waals surface area contributed by atoms with E-state index in [-0.39, 0.29) is 5.11 Å². The third-order valence-corrected chi connectivity index (χ3v) is 3.23. The maximum Gasteiger partial charge on any atom is 0.413 e. The lowest BCUT2D eigenvalue weighted by Gasteiger charge is -2.10. The van der Waals surface area contributed by atoms with Crippen molar-refractivity contribution in [2.24, 2.45) is 4.99 Å². The zero-order chi connectivity index (χ0) is 17.4. The van der Waals surface area contributed by atoms with Crippen LogP contribution in [0.2, 0.25) is 0 Å². The first kappa shape index (κ1) is 17.4. The van der Waals surface area contributed by atoms with E-state index < -0.39 is 6.09 Å². The Morgan fingerprint density at radius 1 is 1.12 bits per heavy atom. The van der Waals surface area contributed by atoms with Crippen molar-refractivity contribution in [2.75, 3.05) is 19.5 Å². The lowest BCUT2D eigenvalue weighted by atomic mass is 10.2. The predicted octanol–water partition coefficient (Wildman–Crippen LogP) is 3.50. The van der Waals surface area contributed by atoms with Crippen molar-refractivity contribution >= 4 is 41.0 Å². The van der Waals surface area contributed by atoms with E-state index in [1.54, 1.807) is 13.3 Å². The normalized spacial score (nSPS) is 10.2. The van der Waals surface area contributed by atoms with E-state index in [4.69, 9.17) is 17.0 Å². The van der Waals surface area contributed by atoms with E-state index in [9.17, 15) is 4.79 Å². The third-order valence-electron chi connectivity index (χ3n) is 3.02. The number of anilines is 1. The average Bonchev–Trinajstić information content (AvgIpc) is 2.61. The molecule has 0 spiro atoms. The number of alkyl carbamates (subject to hydrolysis) is 1. The Labute approximate surface area is 145 Å². The fraction of sp³-hybridized carbons (Fsp3) is 0.118. The lowest BCUT2D eigenvalue weighted by Crippen LogP contribution is -2.33. The number of para-hydroxylation sites is 2. The van der Waals surface area contributed by atoms with Gasteiger partial charge >= 0.3 is 6.09 Å². The quantitative estimate of drug-likeness (QED) is 0.657. The number of thiocarbonyl (C=S) groups is 1. The fourth-order valence-electron chi connectivity index (χ4n) is 1.82. The molecule has 124 valence electrons. The van der Waals surface area contributed by atoms with Crippen molar-refractivity contribution in [1.82, 2.24) is 5.32 Å². The molecule has 0 bridgehead atoms. The third kappa shape index (κ3) is 5.06. The number of hydrogen-bond donors (Lipinski definition) is 2. The van der Waals surface area contributed by atoms with Crippen LogP contribution in [0.5, 0.6) is 5.75 Å². The molecule has 0 aliphatic heterocycles. The summed E-state index contributed by atoms with van der Waals surface area (Å²) in [5.74, 6) is 0.786. The largest absolute Gasteiger partial charge is 0.497 e. The number of methoxy groups -OCH3 is 2. The highest BCUT2D eigenvalue weighted by molar-refractivity contribution is 7.80. The summed E-state index contributed by atoms with van der Waals surface area (Å²) in [5.41, 5.74) is 2.28. The first-order chi connectivity index (χ1) is 11.6. The van der Waals surface area contributed by atoms with Gasteiger partial charge in [-0.3, -0.25) is 10.3 Å². The van der Waals surface area contributed by atoms with Crippen LogP contribution in [0.1, 0.15) is 5.56 Å².